The Hall–Kier alpha value is -1.02. The van der Waals surface area contributed by atoms with Gasteiger partial charge in [0, 0.05) is 12.1 Å². The first-order valence-corrected chi connectivity index (χ1v) is 6.79. The maximum Gasteiger partial charge on any atom is 0.120 e. The minimum atomic E-state index is 0.344. The van der Waals surface area contributed by atoms with E-state index in [9.17, 15) is 5.11 Å². The van der Waals surface area contributed by atoms with Crippen molar-refractivity contribution < 1.29 is 5.11 Å². The summed E-state index contributed by atoms with van der Waals surface area (Å²) in [7, 11) is 0. The van der Waals surface area contributed by atoms with Crippen molar-refractivity contribution in [3.05, 3.63) is 29.3 Å². The standard InChI is InChI=1S/C15H25NO/c1-2-3-4-5-6-7-9-13-10-8-11-15(17)14(13)12-16/h8,10-11,17H,2-7,9,12,16H2,1H3. The van der Waals surface area contributed by atoms with E-state index in [1.165, 1.54) is 44.1 Å². The van der Waals surface area contributed by atoms with Gasteiger partial charge in [-0.05, 0) is 24.5 Å². The zero-order valence-electron chi connectivity index (χ0n) is 10.9. The van der Waals surface area contributed by atoms with Gasteiger partial charge in [-0.25, -0.2) is 0 Å². The third-order valence-corrected chi connectivity index (χ3v) is 3.25. The van der Waals surface area contributed by atoms with Crippen molar-refractivity contribution in [2.24, 2.45) is 5.73 Å². The Bertz CT molecular complexity index is 323. The summed E-state index contributed by atoms with van der Waals surface area (Å²) in [6, 6.07) is 5.70. The number of hydrogen-bond donors (Lipinski definition) is 2. The van der Waals surface area contributed by atoms with Crippen molar-refractivity contribution in [2.45, 2.75) is 58.4 Å². The van der Waals surface area contributed by atoms with Gasteiger partial charge in [0.2, 0.25) is 0 Å². The molecule has 0 saturated carbocycles. The van der Waals surface area contributed by atoms with Crippen molar-refractivity contribution in [3.63, 3.8) is 0 Å². The summed E-state index contributed by atoms with van der Waals surface area (Å²) >= 11 is 0. The second kappa shape index (κ2) is 8.13. The summed E-state index contributed by atoms with van der Waals surface area (Å²) in [5.74, 6) is 0.344. The minimum Gasteiger partial charge on any atom is -0.508 e. The second-order valence-electron chi connectivity index (χ2n) is 4.64. The molecule has 17 heavy (non-hydrogen) atoms. The average molecular weight is 235 g/mol. The molecule has 0 spiro atoms. The van der Waals surface area contributed by atoms with Crippen LogP contribution >= 0.6 is 0 Å². The number of aromatic hydroxyl groups is 1. The Labute approximate surface area is 105 Å². The molecule has 1 aromatic carbocycles. The maximum atomic E-state index is 9.68. The van der Waals surface area contributed by atoms with Gasteiger partial charge in [-0.1, -0.05) is 51.2 Å². The normalized spacial score (nSPS) is 10.7. The van der Waals surface area contributed by atoms with Crippen molar-refractivity contribution in [2.75, 3.05) is 0 Å². The van der Waals surface area contributed by atoms with Crippen LogP contribution in [-0.4, -0.2) is 5.11 Å². The summed E-state index contributed by atoms with van der Waals surface area (Å²) < 4.78 is 0. The van der Waals surface area contributed by atoms with E-state index >= 15 is 0 Å². The van der Waals surface area contributed by atoms with E-state index in [-0.39, 0.29) is 0 Å². The fourth-order valence-corrected chi connectivity index (χ4v) is 2.19. The van der Waals surface area contributed by atoms with Crippen LogP contribution in [-0.2, 0) is 13.0 Å². The summed E-state index contributed by atoms with van der Waals surface area (Å²) in [5, 5.41) is 9.68. The molecule has 0 aromatic heterocycles. The summed E-state index contributed by atoms with van der Waals surface area (Å²) in [6.45, 7) is 2.66. The number of phenols is 1. The molecule has 0 aliphatic carbocycles. The topological polar surface area (TPSA) is 46.2 Å². The Morgan fingerprint density at radius 2 is 1.76 bits per heavy atom. The smallest absolute Gasteiger partial charge is 0.120 e. The van der Waals surface area contributed by atoms with Crippen LogP contribution in [0.2, 0.25) is 0 Å². The molecule has 2 heteroatoms. The van der Waals surface area contributed by atoms with Crippen LogP contribution in [0, 0.1) is 0 Å². The molecule has 0 atom stereocenters. The summed E-state index contributed by atoms with van der Waals surface area (Å²) in [4.78, 5) is 0. The molecule has 0 radical (unpaired) electrons. The lowest BCUT2D eigenvalue weighted by Gasteiger charge is -2.09. The second-order valence-corrected chi connectivity index (χ2v) is 4.64. The molecule has 0 amide bonds. The lowest BCUT2D eigenvalue weighted by atomic mass is 10.00. The third kappa shape index (κ3) is 4.78. The molecule has 0 saturated heterocycles. The molecule has 1 aromatic rings. The first-order valence-electron chi connectivity index (χ1n) is 6.79. The first-order chi connectivity index (χ1) is 8.29. The fourth-order valence-electron chi connectivity index (χ4n) is 2.19. The van der Waals surface area contributed by atoms with Crippen LogP contribution in [0.5, 0.6) is 5.75 Å². The summed E-state index contributed by atoms with van der Waals surface area (Å²) in [6.07, 6.45) is 8.82. The van der Waals surface area contributed by atoms with E-state index in [1.807, 2.05) is 6.07 Å². The third-order valence-electron chi connectivity index (χ3n) is 3.25. The van der Waals surface area contributed by atoms with Crippen molar-refractivity contribution in [1.29, 1.82) is 0 Å². The van der Waals surface area contributed by atoms with Crippen LogP contribution in [0.4, 0.5) is 0 Å². The predicted molar refractivity (Wildman–Crippen MR) is 73.1 cm³/mol. The number of unbranched alkanes of at least 4 members (excludes halogenated alkanes) is 5. The van der Waals surface area contributed by atoms with Gasteiger partial charge in [0.25, 0.3) is 0 Å². The number of nitrogens with two attached hydrogens (primary N) is 1. The number of benzene rings is 1. The molecular formula is C15H25NO. The maximum absolute atomic E-state index is 9.68. The lowest BCUT2D eigenvalue weighted by molar-refractivity contribution is 0.467. The molecule has 1 rings (SSSR count). The lowest BCUT2D eigenvalue weighted by Crippen LogP contribution is -2.02. The van der Waals surface area contributed by atoms with Gasteiger partial charge in [-0.15, -0.1) is 0 Å². The molecule has 0 heterocycles. The van der Waals surface area contributed by atoms with E-state index in [2.05, 4.69) is 13.0 Å². The Morgan fingerprint density at radius 1 is 1.06 bits per heavy atom. The Morgan fingerprint density at radius 3 is 2.47 bits per heavy atom. The summed E-state index contributed by atoms with van der Waals surface area (Å²) in [5.41, 5.74) is 7.79. The molecule has 0 bridgehead atoms. The average Bonchev–Trinajstić information content (AvgIpc) is 2.34. The largest absolute Gasteiger partial charge is 0.508 e. The highest BCUT2D eigenvalue weighted by atomic mass is 16.3. The molecule has 0 unspecified atom stereocenters. The van der Waals surface area contributed by atoms with Gasteiger partial charge in [-0.3, -0.25) is 0 Å². The molecule has 96 valence electrons. The van der Waals surface area contributed by atoms with E-state index in [0.29, 0.717) is 12.3 Å². The highest BCUT2D eigenvalue weighted by Crippen LogP contribution is 2.22. The first kappa shape index (κ1) is 14.0. The van der Waals surface area contributed by atoms with E-state index in [1.54, 1.807) is 6.07 Å². The van der Waals surface area contributed by atoms with Crippen LogP contribution in [0.3, 0.4) is 0 Å². The van der Waals surface area contributed by atoms with Gasteiger partial charge < -0.3 is 10.8 Å². The van der Waals surface area contributed by atoms with Crippen LogP contribution < -0.4 is 5.73 Å². The predicted octanol–water partition coefficient (Wildman–Crippen LogP) is 3.75. The number of hydrogen-bond acceptors (Lipinski definition) is 2. The van der Waals surface area contributed by atoms with Crippen LogP contribution in [0.15, 0.2) is 18.2 Å². The van der Waals surface area contributed by atoms with Gasteiger partial charge >= 0.3 is 0 Å². The Balaban J connectivity index is 2.33. The van der Waals surface area contributed by atoms with Crippen LogP contribution in [0.25, 0.3) is 0 Å². The fraction of sp³-hybridized carbons (Fsp3) is 0.600. The van der Waals surface area contributed by atoms with Crippen molar-refractivity contribution >= 4 is 0 Å². The van der Waals surface area contributed by atoms with E-state index < -0.39 is 0 Å². The van der Waals surface area contributed by atoms with Gasteiger partial charge in [0.05, 0.1) is 0 Å². The van der Waals surface area contributed by atoms with Gasteiger partial charge in [-0.2, -0.15) is 0 Å². The zero-order chi connectivity index (χ0) is 12.5. The van der Waals surface area contributed by atoms with Gasteiger partial charge in [0.15, 0.2) is 0 Å². The zero-order valence-corrected chi connectivity index (χ0v) is 10.9. The number of phenolic OH excluding ortho intramolecular Hbond substituents is 1. The van der Waals surface area contributed by atoms with Crippen molar-refractivity contribution in [3.8, 4) is 5.75 Å². The van der Waals surface area contributed by atoms with E-state index in [4.69, 9.17) is 5.73 Å². The molecule has 3 N–H and O–H groups in total. The SMILES string of the molecule is CCCCCCCCc1cccc(O)c1CN. The quantitative estimate of drug-likeness (QED) is 0.674. The number of rotatable bonds is 8. The van der Waals surface area contributed by atoms with E-state index in [0.717, 1.165) is 12.0 Å². The highest BCUT2D eigenvalue weighted by molar-refractivity contribution is 5.39. The molecule has 2 nitrogen and oxygen atoms in total. The molecular weight excluding hydrogens is 210 g/mol. The van der Waals surface area contributed by atoms with Crippen molar-refractivity contribution in [1.82, 2.24) is 0 Å². The molecule has 0 fully saturated rings. The van der Waals surface area contributed by atoms with Gasteiger partial charge in [0.1, 0.15) is 5.75 Å². The highest BCUT2D eigenvalue weighted by Gasteiger charge is 2.05. The minimum absolute atomic E-state index is 0.344. The Kier molecular flexibility index (Phi) is 6.71. The number of aryl methyl sites for hydroxylation is 1. The van der Waals surface area contributed by atoms with Crippen LogP contribution in [0.1, 0.15) is 56.6 Å². The molecule has 0 aliphatic heterocycles. The molecule has 0 aliphatic rings. The monoisotopic (exact) mass is 235 g/mol.